The summed E-state index contributed by atoms with van der Waals surface area (Å²) in [5.41, 5.74) is -0.340. The largest absolute Gasteiger partial charge is 0.270 e. The van der Waals surface area contributed by atoms with Gasteiger partial charge in [0.1, 0.15) is 0 Å². The number of benzene rings is 1. The van der Waals surface area contributed by atoms with Gasteiger partial charge in [0.15, 0.2) is 0 Å². The Hall–Kier alpha value is -1.47. The Labute approximate surface area is 74.2 Å². The summed E-state index contributed by atoms with van der Waals surface area (Å²) in [4.78, 5) is 9.14. The van der Waals surface area contributed by atoms with Gasteiger partial charge in [-0.25, -0.2) is 8.42 Å². The summed E-state index contributed by atoms with van der Waals surface area (Å²) in [5.74, 6) is 0. The molecule has 1 aromatic rings. The summed E-state index contributed by atoms with van der Waals surface area (Å²) >= 11 is 0. The molecule has 1 rings (SSSR count). The molecule has 0 aliphatic rings. The highest BCUT2D eigenvalue weighted by Gasteiger charge is 2.13. The zero-order chi connectivity index (χ0) is 10.1. The molecule has 0 fully saturated rings. The zero-order valence-electron chi connectivity index (χ0n) is 6.30. The standard InChI is InChI=1S/C6H5N2O4S/c7-13(11,12)6-3-1-2-5(4-6)8(9)10/h1-4,7H. The Kier molecular flexibility index (Phi) is 2.30. The maximum atomic E-state index is 10.7. The number of nitro groups is 1. The fourth-order valence-corrected chi connectivity index (χ4v) is 1.30. The number of hydrogen-bond donors (Lipinski definition) is 0. The minimum absolute atomic E-state index is 0.340. The lowest BCUT2D eigenvalue weighted by Gasteiger charge is -1.95. The molecule has 13 heavy (non-hydrogen) atoms. The second-order valence-corrected chi connectivity index (χ2v) is 3.74. The van der Waals surface area contributed by atoms with E-state index in [9.17, 15) is 18.5 Å². The predicted octanol–water partition coefficient (Wildman–Crippen LogP) is 0.566. The number of nitro benzene ring substituents is 1. The van der Waals surface area contributed by atoms with Crippen molar-refractivity contribution in [2.75, 3.05) is 0 Å². The van der Waals surface area contributed by atoms with Crippen molar-refractivity contribution >= 4 is 15.7 Å². The van der Waals surface area contributed by atoms with Gasteiger partial charge in [-0.05, 0) is 6.07 Å². The molecule has 0 spiro atoms. The Balaban J connectivity index is 3.29. The maximum absolute atomic E-state index is 10.7. The molecule has 1 aromatic carbocycles. The highest BCUT2D eigenvalue weighted by atomic mass is 32.2. The van der Waals surface area contributed by atoms with Gasteiger partial charge >= 0.3 is 0 Å². The molecule has 7 heteroatoms. The van der Waals surface area contributed by atoms with Gasteiger partial charge in [0.2, 0.25) is 0 Å². The normalized spacial score (nSPS) is 11.2. The van der Waals surface area contributed by atoms with Crippen LogP contribution in [-0.2, 0) is 10.0 Å². The van der Waals surface area contributed by atoms with Crippen LogP contribution in [0.25, 0.3) is 0 Å². The lowest BCUT2D eigenvalue weighted by Crippen LogP contribution is -2.01. The number of nitrogens with one attached hydrogen (secondary N) is 1. The molecule has 0 atom stereocenters. The molecule has 0 heterocycles. The van der Waals surface area contributed by atoms with Gasteiger partial charge in [-0.2, -0.15) is 0 Å². The summed E-state index contributed by atoms with van der Waals surface area (Å²) in [5, 5.41) is 16.9. The second-order valence-electron chi connectivity index (χ2n) is 2.26. The molecule has 0 saturated heterocycles. The van der Waals surface area contributed by atoms with E-state index in [1.807, 2.05) is 0 Å². The third kappa shape index (κ3) is 2.23. The van der Waals surface area contributed by atoms with E-state index in [0.717, 1.165) is 18.2 Å². The molecule has 0 amide bonds. The van der Waals surface area contributed by atoms with Crippen molar-refractivity contribution in [1.29, 1.82) is 0 Å². The van der Waals surface area contributed by atoms with Gasteiger partial charge in [-0.15, -0.1) is 5.14 Å². The van der Waals surface area contributed by atoms with Gasteiger partial charge in [0.05, 0.1) is 9.82 Å². The minimum atomic E-state index is -4.11. The molecular formula is C6H5N2O4S. The van der Waals surface area contributed by atoms with Gasteiger partial charge in [0.25, 0.3) is 15.7 Å². The summed E-state index contributed by atoms with van der Waals surface area (Å²) < 4.78 is 21.3. The van der Waals surface area contributed by atoms with Crippen LogP contribution in [0.1, 0.15) is 0 Å². The van der Waals surface area contributed by atoms with Crippen molar-refractivity contribution in [3.8, 4) is 0 Å². The summed E-state index contributed by atoms with van der Waals surface area (Å²) in [7, 11) is -4.11. The fraction of sp³-hybridized carbons (Fsp3) is 0. The average molecular weight is 201 g/mol. The molecule has 0 aliphatic heterocycles. The number of hydrogen-bond acceptors (Lipinski definition) is 4. The van der Waals surface area contributed by atoms with Crippen LogP contribution in [-0.4, -0.2) is 13.3 Å². The number of non-ortho nitro benzene ring substituents is 1. The molecular weight excluding hydrogens is 196 g/mol. The van der Waals surface area contributed by atoms with Gasteiger partial charge in [-0.3, -0.25) is 10.1 Å². The van der Waals surface area contributed by atoms with Crippen LogP contribution in [0, 0.1) is 10.1 Å². The van der Waals surface area contributed by atoms with Crippen molar-refractivity contribution < 1.29 is 13.3 Å². The minimum Gasteiger partial charge on any atom is -0.258 e. The Bertz CT molecular complexity index is 440. The first-order chi connectivity index (χ1) is 5.91. The summed E-state index contributed by atoms with van der Waals surface area (Å²) in [6, 6.07) is 4.37. The highest BCUT2D eigenvalue weighted by molar-refractivity contribution is 7.88. The van der Waals surface area contributed by atoms with Crippen molar-refractivity contribution in [3.05, 3.63) is 34.4 Å². The van der Waals surface area contributed by atoms with E-state index in [1.54, 1.807) is 0 Å². The van der Waals surface area contributed by atoms with E-state index in [2.05, 4.69) is 0 Å². The first-order valence-electron chi connectivity index (χ1n) is 3.15. The molecule has 0 aromatic heterocycles. The summed E-state index contributed by atoms with van der Waals surface area (Å²) in [6.07, 6.45) is 0. The topological polar surface area (TPSA) is 101 Å². The highest BCUT2D eigenvalue weighted by Crippen LogP contribution is 2.16. The van der Waals surface area contributed by atoms with Gasteiger partial charge < -0.3 is 0 Å². The smallest absolute Gasteiger partial charge is 0.258 e. The van der Waals surface area contributed by atoms with Crippen molar-refractivity contribution in [2.24, 2.45) is 0 Å². The molecule has 1 radical (unpaired) electrons. The first kappa shape index (κ1) is 9.62. The third-order valence-corrected chi connectivity index (χ3v) is 2.21. The van der Waals surface area contributed by atoms with Crippen LogP contribution in [0.2, 0.25) is 0 Å². The molecule has 6 nitrogen and oxygen atoms in total. The molecule has 0 bridgehead atoms. The van der Waals surface area contributed by atoms with Crippen molar-refractivity contribution in [3.63, 3.8) is 0 Å². The number of sulfonamides is 1. The Morgan fingerprint density at radius 3 is 2.46 bits per heavy atom. The van der Waals surface area contributed by atoms with E-state index in [-0.39, 0.29) is 10.6 Å². The molecule has 0 saturated carbocycles. The zero-order valence-corrected chi connectivity index (χ0v) is 7.11. The van der Waals surface area contributed by atoms with E-state index < -0.39 is 14.9 Å². The van der Waals surface area contributed by atoms with E-state index in [0.29, 0.717) is 0 Å². The van der Waals surface area contributed by atoms with Gasteiger partial charge in [-0.1, -0.05) is 6.07 Å². The van der Waals surface area contributed by atoms with Crippen molar-refractivity contribution in [1.82, 2.24) is 5.14 Å². The monoisotopic (exact) mass is 201 g/mol. The summed E-state index contributed by atoms with van der Waals surface area (Å²) in [6.45, 7) is 0. The van der Waals surface area contributed by atoms with Crippen LogP contribution in [0.5, 0.6) is 0 Å². The van der Waals surface area contributed by atoms with Crippen molar-refractivity contribution in [2.45, 2.75) is 4.90 Å². The van der Waals surface area contributed by atoms with Crippen LogP contribution >= 0.6 is 0 Å². The molecule has 69 valence electrons. The van der Waals surface area contributed by atoms with Crippen LogP contribution in [0.4, 0.5) is 5.69 Å². The number of rotatable bonds is 2. The first-order valence-corrected chi connectivity index (χ1v) is 4.63. The van der Waals surface area contributed by atoms with E-state index >= 15 is 0 Å². The molecule has 0 unspecified atom stereocenters. The average Bonchev–Trinajstić information content (AvgIpc) is 2.03. The predicted molar refractivity (Wildman–Crippen MR) is 43.4 cm³/mol. The van der Waals surface area contributed by atoms with Crippen LogP contribution in [0.3, 0.4) is 0 Å². The SMILES string of the molecule is [NH]S(=O)(=O)c1cccc([N+](=O)[O-])c1. The lowest BCUT2D eigenvalue weighted by atomic mass is 10.3. The third-order valence-electron chi connectivity index (χ3n) is 1.34. The Morgan fingerprint density at radius 1 is 1.38 bits per heavy atom. The second kappa shape index (κ2) is 3.11. The van der Waals surface area contributed by atoms with E-state index in [1.165, 1.54) is 6.07 Å². The Morgan fingerprint density at radius 2 is 2.00 bits per heavy atom. The molecule has 1 N–H and O–H groups in total. The quantitative estimate of drug-likeness (QED) is 0.515. The van der Waals surface area contributed by atoms with E-state index in [4.69, 9.17) is 5.14 Å². The van der Waals surface area contributed by atoms with Crippen LogP contribution < -0.4 is 5.14 Å². The van der Waals surface area contributed by atoms with Gasteiger partial charge in [0, 0.05) is 12.1 Å². The maximum Gasteiger partial charge on any atom is 0.270 e. The van der Waals surface area contributed by atoms with Crippen LogP contribution in [0.15, 0.2) is 29.2 Å². The lowest BCUT2D eigenvalue weighted by molar-refractivity contribution is -0.385. The fourth-order valence-electron chi connectivity index (χ4n) is 0.764. The number of nitrogens with zero attached hydrogens (tertiary/aromatic N) is 1. The molecule has 0 aliphatic carbocycles.